The van der Waals surface area contributed by atoms with Crippen LogP contribution in [0.4, 0.5) is 11.4 Å². The largest absolute Gasteiger partial charge is 0.467 e. The molecule has 98 valence electrons. The molecule has 0 spiro atoms. The zero-order valence-electron chi connectivity index (χ0n) is 9.84. The van der Waals surface area contributed by atoms with Crippen LogP contribution in [-0.4, -0.2) is 36.7 Å². The zero-order valence-corrected chi connectivity index (χ0v) is 9.84. The van der Waals surface area contributed by atoms with E-state index in [0.29, 0.717) is 5.69 Å². The number of esters is 1. The van der Waals surface area contributed by atoms with Crippen LogP contribution in [0.25, 0.3) is 0 Å². The maximum atomic E-state index is 11.7. The highest BCUT2D eigenvalue weighted by Crippen LogP contribution is 2.15. The molecule has 1 amide bonds. The highest BCUT2D eigenvalue weighted by atomic mass is 16.5. The Morgan fingerprint density at radius 2 is 2.11 bits per heavy atom. The van der Waals surface area contributed by atoms with Gasteiger partial charge in [-0.3, -0.25) is 4.79 Å². The maximum Gasteiger partial charge on any atom is 0.336 e. The summed E-state index contributed by atoms with van der Waals surface area (Å²) in [7, 11) is 1.14. The van der Waals surface area contributed by atoms with E-state index in [2.05, 4.69) is 10.1 Å². The highest BCUT2D eigenvalue weighted by molar-refractivity contribution is 5.99. The predicted octanol–water partition coefficient (Wildman–Crippen LogP) is -0.885. The number of carbonyl (C=O) groups excluding carboxylic acids is 2. The van der Waals surface area contributed by atoms with Crippen LogP contribution in [0.1, 0.15) is 10.4 Å². The minimum Gasteiger partial charge on any atom is -0.467 e. The van der Waals surface area contributed by atoms with Crippen LogP contribution in [0.2, 0.25) is 0 Å². The second-order valence-electron chi connectivity index (χ2n) is 3.60. The lowest BCUT2D eigenvalue weighted by molar-refractivity contribution is -0.149. The van der Waals surface area contributed by atoms with Crippen molar-refractivity contribution in [3.05, 3.63) is 23.8 Å². The van der Waals surface area contributed by atoms with E-state index in [1.165, 1.54) is 18.2 Å². The van der Waals surface area contributed by atoms with Crippen LogP contribution >= 0.6 is 0 Å². The normalized spacial score (nSPS) is 11.7. The number of hydrogen-bond donors (Lipinski definition) is 4. The molecule has 1 aromatic carbocycles. The summed E-state index contributed by atoms with van der Waals surface area (Å²) in [6.07, 6.45) is -1.41. The first kappa shape index (κ1) is 13.8. The number of aliphatic hydroxyl groups excluding tert-OH is 1. The van der Waals surface area contributed by atoms with E-state index >= 15 is 0 Å². The fourth-order valence-corrected chi connectivity index (χ4v) is 1.29. The van der Waals surface area contributed by atoms with Crippen molar-refractivity contribution in [1.82, 2.24) is 5.32 Å². The molecule has 0 aromatic heterocycles. The number of ether oxygens (including phenoxy) is 1. The third-order valence-corrected chi connectivity index (χ3v) is 2.25. The van der Waals surface area contributed by atoms with Gasteiger partial charge in [-0.2, -0.15) is 0 Å². The van der Waals surface area contributed by atoms with Gasteiger partial charge in [-0.25, -0.2) is 4.79 Å². The lowest BCUT2D eigenvalue weighted by Crippen LogP contribution is -2.37. The van der Waals surface area contributed by atoms with Crippen molar-refractivity contribution < 1.29 is 19.4 Å². The van der Waals surface area contributed by atoms with Gasteiger partial charge >= 0.3 is 5.97 Å². The number of nitrogens with one attached hydrogen (secondary N) is 1. The summed E-state index contributed by atoms with van der Waals surface area (Å²) in [5.41, 5.74) is 12.0. The predicted molar refractivity (Wildman–Crippen MR) is 65.6 cm³/mol. The molecule has 0 bridgehead atoms. The van der Waals surface area contributed by atoms with E-state index in [1.54, 1.807) is 0 Å². The number of carbonyl (C=O) groups is 2. The van der Waals surface area contributed by atoms with Gasteiger partial charge in [0.15, 0.2) is 6.10 Å². The quantitative estimate of drug-likeness (QED) is 0.407. The second kappa shape index (κ2) is 5.87. The summed E-state index contributed by atoms with van der Waals surface area (Å²) >= 11 is 0. The van der Waals surface area contributed by atoms with E-state index in [4.69, 9.17) is 11.5 Å². The Bertz CT molecular complexity index is 462. The molecule has 7 heteroatoms. The van der Waals surface area contributed by atoms with Gasteiger partial charge in [0.2, 0.25) is 0 Å². The minimum atomic E-state index is -1.41. The van der Waals surface area contributed by atoms with E-state index in [-0.39, 0.29) is 17.8 Å². The van der Waals surface area contributed by atoms with Crippen LogP contribution in [-0.2, 0) is 9.53 Å². The van der Waals surface area contributed by atoms with Crippen LogP contribution < -0.4 is 16.8 Å². The Kier molecular flexibility index (Phi) is 4.50. The molecule has 1 atom stereocenters. The summed E-state index contributed by atoms with van der Waals surface area (Å²) in [6, 6.07) is 4.44. The summed E-state index contributed by atoms with van der Waals surface area (Å²) in [5.74, 6) is -1.32. The van der Waals surface area contributed by atoms with Gasteiger partial charge in [-0.05, 0) is 18.2 Å². The van der Waals surface area contributed by atoms with Crippen molar-refractivity contribution in [3.8, 4) is 0 Å². The summed E-state index contributed by atoms with van der Waals surface area (Å²) in [5, 5.41) is 11.7. The van der Waals surface area contributed by atoms with Crippen molar-refractivity contribution >= 4 is 23.3 Å². The Labute approximate surface area is 104 Å². The monoisotopic (exact) mass is 253 g/mol. The minimum absolute atomic E-state index is 0.222. The van der Waals surface area contributed by atoms with Gasteiger partial charge in [0.05, 0.1) is 19.2 Å². The highest BCUT2D eigenvalue weighted by Gasteiger charge is 2.17. The van der Waals surface area contributed by atoms with Crippen molar-refractivity contribution in [3.63, 3.8) is 0 Å². The first-order valence-corrected chi connectivity index (χ1v) is 5.14. The number of methoxy groups -OCH3 is 1. The molecule has 0 fully saturated rings. The molecule has 6 N–H and O–H groups in total. The number of anilines is 2. The third-order valence-electron chi connectivity index (χ3n) is 2.25. The number of rotatable bonds is 4. The Balaban J connectivity index is 2.63. The van der Waals surface area contributed by atoms with Gasteiger partial charge in [-0.1, -0.05) is 0 Å². The van der Waals surface area contributed by atoms with Crippen LogP contribution in [0.5, 0.6) is 0 Å². The van der Waals surface area contributed by atoms with Gasteiger partial charge in [0.25, 0.3) is 5.91 Å². The number of aliphatic hydroxyl groups is 1. The zero-order chi connectivity index (χ0) is 13.7. The van der Waals surface area contributed by atoms with E-state index in [1.807, 2.05) is 0 Å². The second-order valence-corrected chi connectivity index (χ2v) is 3.60. The molecule has 1 aromatic rings. The topological polar surface area (TPSA) is 128 Å². The fourth-order valence-electron chi connectivity index (χ4n) is 1.29. The first-order chi connectivity index (χ1) is 8.45. The molecule has 7 nitrogen and oxygen atoms in total. The smallest absolute Gasteiger partial charge is 0.336 e. The molecular formula is C11H15N3O4. The number of hydrogen-bond acceptors (Lipinski definition) is 6. The summed E-state index contributed by atoms with van der Waals surface area (Å²) in [4.78, 5) is 22.6. The SMILES string of the molecule is COC(=O)C(O)CNC(=O)c1ccc(N)cc1N. The number of nitrogen functional groups attached to an aromatic ring is 2. The van der Waals surface area contributed by atoms with Crippen molar-refractivity contribution in [1.29, 1.82) is 0 Å². The average Bonchev–Trinajstić information content (AvgIpc) is 2.34. The molecule has 1 unspecified atom stereocenters. The number of nitrogens with two attached hydrogens (primary N) is 2. The van der Waals surface area contributed by atoms with Crippen LogP contribution in [0.15, 0.2) is 18.2 Å². The standard InChI is InChI=1S/C11H15N3O4/c1-18-11(17)9(15)5-14-10(16)7-3-2-6(12)4-8(7)13/h2-4,9,15H,5,12-13H2,1H3,(H,14,16). The molecule has 1 rings (SSSR count). The van der Waals surface area contributed by atoms with Gasteiger partial charge in [0.1, 0.15) is 0 Å². The Morgan fingerprint density at radius 1 is 1.44 bits per heavy atom. The molecular weight excluding hydrogens is 238 g/mol. The van der Waals surface area contributed by atoms with Gasteiger partial charge in [-0.15, -0.1) is 0 Å². The van der Waals surface area contributed by atoms with E-state index in [0.717, 1.165) is 7.11 Å². The van der Waals surface area contributed by atoms with Gasteiger partial charge < -0.3 is 26.6 Å². The Hall–Kier alpha value is -2.28. The molecule has 0 heterocycles. The van der Waals surface area contributed by atoms with Crippen molar-refractivity contribution in [2.45, 2.75) is 6.10 Å². The Morgan fingerprint density at radius 3 is 2.67 bits per heavy atom. The molecule has 0 saturated heterocycles. The van der Waals surface area contributed by atoms with Crippen LogP contribution in [0, 0.1) is 0 Å². The van der Waals surface area contributed by atoms with E-state index in [9.17, 15) is 14.7 Å². The summed E-state index contributed by atoms with van der Waals surface area (Å²) < 4.78 is 4.31. The molecule has 0 aliphatic heterocycles. The van der Waals surface area contributed by atoms with E-state index < -0.39 is 18.0 Å². The molecule has 0 aliphatic carbocycles. The summed E-state index contributed by atoms with van der Waals surface area (Å²) in [6.45, 7) is -0.255. The number of amides is 1. The van der Waals surface area contributed by atoms with Gasteiger partial charge in [0, 0.05) is 11.4 Å². The fraction of sp³-hybridized carbons (Fsp3) is 0.273. The van der Waals surface area contributed by atoms with Crippen molar-refractivity contribution in [2.75, 3.05) is 25.1 Å². The molecule has 0 saturated carbocycles. The lowest BCUT2D eigenvalue weighted by atomic mass is 10.1. The first-order valence-electron chi connectivity index (χ1n) is 5.14. The van der Waals surface area contributed by atoms with Crippen molar-refractivity contribution in [2.24, 2.45) is 0 Å². The molecule has 18 heavy (non-hydrogen) atoms. The molecule has 0 aliphatic rings. The molecule has 0 radical (unpaired) electrons. The lowest BCUT2D eigenvalue weighted by Gasteiger charge is -2.11. The third kappa shape index (κ3) is 3.36. The van der Waals surface area contributed by atoms with Crippen LogP contribution in [0.3, 0.4) is 0 Å². The number of benzene rings is 1. The maximum absolute atomic E-state index is 11.7. The average molecular weight is 253 g/mol.